The van der Waals surface area contributed by atoms with Gasteiger partial charge in [0.2, 0.25) is 0 Å². The first-order chi connectivity index (χ1) is 1.41. The number of nitrogens with two attached hydrogens (primary N) is 1. The first kappa shape index (κ1) is 8.93. The molecule has 0 fully saturated rings. The van der Waals surface area contributed by atoms with Crippen molar-refractivity contribution in [3.05, 3.63) is 0 Å². The Morgan fingerprint density at radius 2 is 1.75 bits per heavy atom. The molecule has 0 aliphatic heterocycles. The minimum atomic E-state index is -1.44. The Morgan fingerprint density at radius 3 is 1.75 bits per heavy atom. The fourth-order valence-electron chi connectivity index (χ4n) is 0. The third kappa shape index (κ3) is 242. The van der Waals surface area contributed by atoms with Crippen molar-refractivity contribution in [3.63, 3.8) is 0 Å². The van der Waals surface area contributed by atoms with Crippen molar-refractivity contribution in [2.75, 3.05) is 0 Å². The third-order valence-electron chi connectivity index (χ3n) is 0. The molecule has 0 aromatic rings. The van der Waals surface area contributed by atoms with E-state index in [1.807, 2.05) is 0 Å². The van der Waals surface area contributed by atoms with Gasteiger partial charge in [0, 0.05) is 0 Å². The van der Waals surface area contributed by atoms with E-state index in [9.17, 15) is 0 Å². The average Bonchev–Trinajstić information content (AvgIpc) is 0.918. The fraction of sp³-hybridized carbons (Fsp3) is 0. The second-order valence-electron chi connectivity index (χ2n) is 0.136. The molecule has 0 saturated carbocycles. The summed E-state index contributed by atoms with van der Waals surface area (Å²) in [7, 11) is 0. The maximum absolute atomic E-state index is 8.86. The summed E-state index contributed by atoms with van der Waals surface area (Å²) in [6.07, 6.45) is 0. The zero-order valence-corrected chi connectivity index (χ0v) is 4.49. The Morgan fingerprint density at radius 1 is 1.75 bits per heavy atom. The monoisotopic (exact) mass is 125 g/mol. The van der Waals surface area contributed by atoms with E-state index in [1.165, 1.54) is 0 Å². The second kappa shape index (κ2) is 11.3. The summed E-state index contributed by atoms with van der Waals surface area (Å²) in [4.78, 5) is 0. The molecule has 0 aromatic carbocycles. The topological polar surface area (TPSA) is 74.6 Å². The van der Waals surface area contributed by atoms with E-state index in [0.717, 1.165) is 0 Å². The van der Waals surface area contributed by atoms with Crippen LogP contribution in [0.2, 0.25) is 0 Å². The maximum atomic E-state index is 8.86. The van der Waals surface area contributed by atoms with Crippen LogP contribution in [0, 0.1) is 0 Å². The molecular weight excluding hydrogens is 119 g/mol. The molecule has 0 aromatic heterocycles. The van der Waals surface area contributed by atoms with E-state index < -0.39 is 15.6 Å². The van der Waals surface area contributed by atoms with Crippen LogP contribution in [0.4, 0.5) is 0 Å². The van der Waals surface area contributed by atoms with Crippen LogP contribution in [0.1, 0.15) is 0 Å². The Kier molecular flexibility index (Phi) is 25.2. The Bertz CT molecular complexity index is 13.5. The van der Waals surface area contributed by atoms with Gasteiger partial charge in [-0.2, -0.15) is 0 Å². The van der Waals surface area contributed by atoms with Crippen molar-refractivity contribution >= 4 is 15.6 Å². The molecular formula is H5GeNO2. The molecule has 4 N–H and O–H groups in total. The van der Waals surface area contributed by atoms with Gasteiger partial charge >= 0.3 is 24.1 Å². The average molecular weight is 124 g/mol. The molecule has 3 nitrogen and oxygen atoms in total. The minimum absolute atomic E-state index is 0. The predicted octanol–water partition coefficient (Wildman–Crippen LogP) is -2.18. The number of rotatable bonds is 0. The summed E-state index contributed by atoms with van der Waals surface area (Å²) in [6.45, 7) is 0. The molecule has 0 amide bonds. The molecule has 0 saturated heterocycles. The summed E-state index contributed by atoms with van der Waals surface area (Å²) in [5.41, 5.74) is 0. The van der Waals surface area contributed by atoms with Crippen LogP contribution < -0.4 is 4.69 Å². The number of hydrogen-bond acceptors (Lipinski definition) is 1. The van der Waals surface area contributed by atoms with Crippen molar-refractivity contribution in [2.24, 2.45) is 4.69 Å². The Hall–Kier alpha value is 0.103. The van der Waals surface area contributed by atoms with Crippen molar-refractivity contribution in [2.45, 2.75) is 0 Å². The molecule has 0 atom stereocenters. The first-order valence-electron chi connectivity index (χ1n) is 0.569. The normalized spacial score (nSPS) is 3.00. The van der Waals surface area contributed by atoms with E-state index in [1.54, 1.807) is 0 Å². The van der Waals surface area contributed by atoms with Crippen molar-refractivity contribution in [1.29, 1.82) is 0 Å². The molecule has 4 heavy (non-hydrogen) atoms. The van der Waals surface area contributed by atoms with Gasteiger partial charge < -0.3 is 5.48 Å². The zero-order valence-electron chi connectivity index (χ0n) is 2.06. The fourth-order valence-corrected chi connectivity index (χ4v) is 0. The third-order valence-corrected chi connectivity index (χ3v) is 0. The van der Waals surface area contributed by atoms with Crippen molar-refractivity contribution in [3.8, 4) is 0 Å². The summed E-state index contributed by atoms with van der Waals surface area (Å²) in [5, 5.41) is 0. The van der Waals surface area contributed by atoms with Gasteiger partial charge in [-0.15, -0.1) is 0 Å². The summed E-state index contributed by atoms with van der Waals surface area (Å²) >= 11 is -1.44. The van der Waals surface area contributed by atoms with Crippen molar-refractivity contribution < 1.29 is 9.25 Å². The molecule has 0 heterocycles. The molecule has 0 spiro atoms. The Labute approximate surface area is 30.4 Å². The first-order valence-corrected chi connectivity index (χ1v) is 2.96. The quantitative estimate of drug-likeness (QED) is 0.372. The van der Waals surface area contributed by atoms with Crippen LogP contribution in [0.3, 0.4) is 0 Å². The van der Waals surface area contributed by atoms with E-state index in [4.69, 9.17) is 3.78 Å². The number of hydrogen-bond donors (Lipinski definition) is 1. The van der Waals surface area contributed by atoms with Crippen LogP contribution in [0.5, 0.6) is 0 Å². The SMILES string of the molecule is O.[NH2][GeH]=[O]. The Balaban J connectivity index is 0. The van der Waals surface area contributed by atoms with Gasteiger partial charge in [0.15, 0.2) is 0 Å². The second-order valence-corrected chi connectivity index (χ2v) is 0.707. The molecule has 0 unspecified atom stereocenters. The van der Waals surface area contributed by atoms with Crippen molar-refractivity contribution in [1.82, 2.24) is 0 Å². The van der Waals surface area contributed by atoms with Crippen LogP contribution in [0.15, 0.2) is 0 Å². The molecule has 0 aliphatic carbocycles. The predicted molar refractivity (Wildman–Crippen MR) is 15.6 cm³/mol. The van der Waals surface area contributed by atoms with E-state index in [2.05, 4.69) is 4.69 Å². The molecule has 0 bridgehead atoms. The summed E-state index contributed by atoms with van der Waals surface area (Å²) in [6, 6.07) is 0. The molecule has 0 aliphatic rings. The van der Waals surface area contributed by atoms with Crippen LogP contribution in [-0.2, 0) is 3.78 Å². The zero-order chi connectivity index (χ0) is 2.71. The summed E-state index contributed by atoms with van der Waals surface area (Å²) < 4.78 is 13.3. The molecule has 0 radical (unpaired) electrons. The van der Waals surface area contributed by atoms with Crippen LogP contribution in [-0.4, -0.2) is 21.1 Å². The molecule has 26 valence electrons. The van der Waals surface area contributed by atoms with Crippen LogP contribution in [0.25, 0.3) is 0 Å². The van der Waals surface area contributed by atoms with E-state index in [0.29, 0.717) is 0 Å². The van der Waals surface area contributed by atoms with Gasteiger partial charge in [-0.25, -0.2) is 0 Å². The van der Waals surface area contributed by atoms with Gasteiger partial charge in [0.1, 0.15) is 0 Å². The van der Waals surface area contributed by atoms with Gasteiger partial charge in [0.25, 0.3) is 0 Å². The van der Waals surface area contributed by atoms with Gasteiger partial charge in [-0.3, -0.25) is 0 Å². The standard InChI is InChI=1S/GeH3NO.H2O/c2-1-3;/h1H,2H2;1H2. The van der Waals surface area contributed by atoms with E-state index in [-0.39, 0.29) is 5.48 Å². The van der Waals surface area contributed by atoms with Gasteiger partial charge in [-0.1, -0.05) is 0 Å². The van der Waals surface area contributed by atoms with Gasteiger partial charge in [0.05, 0.1) is 0 Å². The van der Waals surface area contributed by atoms with Gasteiger partial charge in [-0.05, 0) is 0 Å². The molecule has 0 rings (SSSR count). The summed E-state index contributed by atoms with van der Waals surface area (Å²) in [5.74, 6) is 0. The van der Waals surface area contributed by atoms with E-state index >= 15 is 0 Å². The molecule has 4 heteroatoms. The van der Waals surface area contributed by atoms with Crippen LogP contribution >= 0.6 is 0 Å².